The molecule has 1 heterocycles. The van der Waals surface area contributed by atoms with Crippen molar-refractivity contribution in [2.75, 3.05) is 13.7 Å². The van der Waals surface area contributed by atoms with E-state index < -0.39 is 30.8 Å². The number of thioether (sulfide) groups is 1. The number of nitrogens with zero attached hydrogens (tertiary/aromatic N) is 1. The summed E-state index contributed by atoms with van der Waals surface area (Å²) in [6, 6.07) is 28.8. The van der Waals surface area contributed by atoms with Crippen LogP contribution < -0.4 is 15.9 Å². The minimum absolute atomic E-state index is 0.165. The van der Waals surface area contributed by atoms with Gasteiger partial charge in [0.2, 0.25) is 5.91 Å². The Kier molecular flexibility index (Phi) is 9.23. The lowest BCUT2D eigenvalue weighted by molar-refractivity contribution is -0.144. The fourth-order valence-corrected chi connectivity index (χ4v) is 9.83. The summed E-state index contributed by atoms with van der Waals surface area (Å²) in [6.07, 6.45) is 1.44. The first kappa shape index (κ1) is 28.1. The van der Waals surface area contributed by atoms with E-state index in [-0.39, 0.29) is 23.5 Å². The lowest BCUT2D eigenvalue weighted by Crippen LogP contribution is -2.58. The summed E-state index contributed by atoms with van der Waals surface area (Å²) in [5.41, 5.74) is 0.188. The second-order valence-electron chi connectivity index (χ2n) is 8.66. The van der Waals surface area contributed by atoms with Crippen molar-refractivity contribution in [1.29, 1.82) is 0 Å². The first-order valence-electron chi connectivity index (χ1n) is 12.2. The summed E-state index contributed by atoms with van der Waals surface area (Å²) >= 11 is 1.24. The van der Waals surface area contributed by atoms with Crippen LogP contribution in [0.5, 0.6) is 0 Å². The van der Waals surface area contributed by atoms with E-state index in [1.54, 1.807) is 5.41 Å². The molecule has 4 rings (SSSR count). The van der Waals surface area contributed by atoms with Gasteiger partial charge in [-0.25, -0.2) is 9.59 Å². The van der Waals surface area contributed by atoms with Crippen molar-refractivity contribution in [3.63, 3.8) is 0 Å². The number of amides is 1. The summed E-state index contributed by atoms with van der Waals surface area (Å²) in [5, 5.41) is 3.65. The highest BCUT2D eigenvalue weighted by atomic mass is 32.2. The predicted octanol–water partition coefficient (Wildman–Crippen LogP) is 3.22. The Labute approximate surface area is 231 Å². The Morgan fingerprint density at radius 2 is 1.38 bits per heavy atom. The topological polar surface area (TPSA) is 90.0 Å². The SMILES string of the molecule is COC(=O)C=CS[C@@H]1CC(=O)N1C(C(=O)OCC(C)=O)=P(c1ccccc1)(c1ccccc1)c1ccccc1. The molecule has 0 aliphatic carbocycles. The van der Waals surface area contributed by atoms with Gasteiger partial charge in [0.1, 0.15) is 12.0 Å². The maximum atomic E-state index is 14.1. The van der Waals surface area contributed by atoms with Gasteiger partial charge in [0.05, 0.1) is 18.9 Å². The molecule has 9 heteroatoms. The third-order valence-electron chi connectivity index (χ3n) is 6.11. The van der Waals surface area contributed by atoms with Gasteiger partial charge in [-0.15, -0.1) is 11.8 Å². The van der Waals surface area contributed by atoms with Gasteiger partial charge in [0.15, 0.2) is 5.78 Å². The van der Waals surface area contributed by atoms with E-state index in [0.717, 1.165) is 15.9 Å². The van der Waals surface area contributed by atoms with Crippen LogP contribution >= 0.6 is 18.6 Å². The van der Waals surface area contributed by atoms with E-state index in [4.69, 9.17) is 4.74 Å². The number of likely N-dealkylation sites (tertiary alicyclic amines) is 1. The highest BCUT2D eigenvalue weighted by molar-refractivity contribution is 8.03. The second-order valence-corrected chi connectivity index (χ2v) is 13.1. The van der Waals surface area contributed by atoms with E-state index in [1.165, 1.54) is 36.8 Å². The molecule has 1 atom stereocenters. The number of esters is 2. The van der Waals surface area contributed by atoms with Crippen LogP contribution in [0.15, 0.2) is 102 Å². The molecule has 0 saturated carbocycles. The molecule has 3 aromatic carbocycles. The number of methoxy groups -OCH3 is 1. The lowest BCUT2D eigenvalue weighted by atomic mass is 10.2. The number of hydrogen-bond donors (Lipinski definition) is 0. The van der Waals surface area contributed by atoms with E-state index in [2.05, 4.69) is 4.74 Å². The van der Waals surface area contributed by atoms with Crippen molar-refractivity contribution in [1.82, 2.24) is 4.90 Å². The fourth-order valence-electron chi connectivity index (χ4n) is 4.40. The number of carbonyl (C=O) groups is 4. The van der Waals surface area contributed by atoms with Crippen LogP contribution in [0.3, 0.4) is 0 Å². The van der Waals surface area contributed by atoms with Crippen LogP contribution in [0.2, 0.25) is 0 Å². The minimum Gasteiger partial charge on any atom is -0.466 e. The van der Waals surface area contributed by atoms with Gasteiger partial charge in [-0.1, -0.05) is 91.0 Å². The van der Waals surface area contributed by atoms with E-state index in [0.29, 0.717) is 0 Å². The summed E-state index contributed by atoms with van der Waals surface area (Å²) in [7, 11) is 1.28. The average Bonchev–Trinajstić information content (AvgIpc) is 2.96. The number of benzene rings is 3. The van der Waals surface area contributed by atoms with E-state index in [1.807, 2.05) is 91.0 Å². The number of rotatable bonds is 10. The number of carbonyl (C=O) groups excluding carboxylic acids is 4. The molecule has 0 bridgehead atoms. The molecule has 0 spiro atoms. The van der Waals surface area contributed by atoms with Crippen LogP contribution in [0.1, 0.15) is 13.3 Å². The summed E-state index contributed by atoms with van der Waals surface area (Å²) in [6.45, 7) is -2.10. The molecule has 1 aliphatic rings. The van der Waals surface area contributed by atoms with Crippen LogP contribution in [0, 0.1) is 0 Å². The molecule has 0 N–H and O–H groups in total. The van der Waals surface area contributed by atoms with Gasteiger partial charge in [0, 0.05) is 13.0 Å². The van der Waals surface area contributed by atoms with Crippen LogP contribution in [0.4, 0.5) is 0 Å². The van der Waals surface area contributed by atoms with Crippen molar-refractivity contribution in [2.45, 2.75) is 18.7 Å². The molecule has 3 aromatic rings. The Morgan fingerprint density at radius 3 is 1.79 bits per heavy atom. The van der Waals surface area contributed by atoms with Gasteiger partial charge in [-0.2, -0.15) is 0 Å². The summed E-state index contributed by atoms with van der Waals surface area (Å²) < 4.78 is 10.2. The van der Waals surface area contributed by atoms with Crippen molar-refractivity contribution >= 4 is 63.6 Å². The first-order valence-corrected chi connectivity index (χ1v) is 14.9. The lowest BCUT2D eigenvalue weighted by Gasteiger charge is -2.44. The molecule has 7 nitrogen and oxygen atoms in total. The number of Topliss-reactive ketones (excluding diaryl/α,β-unsaturated/α-hetero) is 1. The Morgan fingerprint density at radius 1 is 0.897 bits per heavy atom. The van der Waals surface area contributed by atoms with Crippen molar-refractivity contribution in [3.8, 4) is 0 Å². The normalized spacial score (nSPS) is 15.0. The highest BCUT2D eigenvalue weighted by Crippen LogP contribution is 2.49. The largest absolute Gasteiger partial charge is 0.466 e. The number of hydrogen-bond acceptors (Lipinski definition) is 7. The van der Waals surface area contributed by atoms with Gasteiger partial charge in [-0.3, -0.25) is 14.5 Å². The monoisotopic (exact) mass is 561 g/mol. The molecule has 1 saturated heterocycles. The fraction of sp³-hybridized carbons (Fsp3) is 0.167. The van der Waals surface area contributed by atoms with Gasteiger partial charge < -0.3 is 9.47 Å². The van der Waals surface area contributed by atoms with Gasteiger partial charge in [0.25, 0.3) is 0 Å². The molecule has 0 radical (unpaired) electrons. The van der Waals surface area contributed by atoms with Crippen LogP contribution in [-0.2, 0) is 28.7 Å². The number of ether oxygens (including phenoxy) is 2. The molecule has 200 valence electrons. The number of β-lactam (4-membered cyclic amide) rings is 1. The molecule has 0 unspecified atom stereocenters. The van der Waals surface area contributed by atoms with E-state index in [9.17, 15) is 19.2 Å². The van der Waals surface area contributed by atoms with Crippen LogP contribution in [0.25, 0.3) is 0 Å². The molecule has 39 heavy (non-hydrogen) atoms. The molecule has 0 aromatic heterocycles. The zero-order chi connectivity index (χ0) is 27.8. The Bertz CT molecular complexity index is 1340. The molecule has 1 aliphatic heterocycles. The third-order valence-corrected chi connectivity index (χ3v) is 11.3. The predicted molar refractivity (Wildman–Crippen MR) is 156 cm³/mol. The molecular formula is C30H28NO6PS. The maximum Gasteiger partial charge on any atom is 0.356 e. The minimum atomic E-state index is -3.03. The van der Waals surface area contributed by atoms with Crippen molar-refractivity contribution in [3.05, 3.63) is 102 Å². The van der Waals surface area contributed by atoms with E-state index >= 15 is 0 Å². The van der Waals surface area contributed by atoms with Gasteiger partial charge >= 0.3 is 11.9 Å². The van der Waals surface area contributed by atoms with Crippen molar-refractivity contribution in [2.24, 2.45) is 0 Å². The van der Waals surface area contributed by atoms with Gasteiger partial charge in [-0.05, 0) is 28.2 Å². The standard InChI is InChI=1S/C30H28NO6PS/c1-22(32)21-37-30(35)29(31-26(33)20-27(31)39-19-18-28(34)36-2)38(23-12-6-3-7-13-23,24-14-8-4-9-15-24)25-16-10-5-11-17-25/h3-19,27H,20-21H2,1-2H3/t27-/m1/s1. The molecule has 1 amide bonds. The Hall–Kier alpha value is -3.87. The van der Waals surface area contributed by atoms with Crippen LogP contribution in [-0.4, -0.2) is 53.0 Å². The average molecular weight is 562 g/mol. The Balaban J connectivity index is 2.08. The first-order chi connectivity index (χ1) is 18.9. The highest BCUT2D eigenvalue weighted by Gasteiger charge is 2.47. The quantitative estimate of drug-likeness (QED) is 0.163. The molecule has 1 fully saturated rings. The summed E-state index contributed by atoms with van der Waals surface area (Å²) in [4.78, 5) is 52.4. The smallest absolute Gasteiger partial charge is 0.356 e. The van der Waals surface area contributed by atoms with Crippen molar-refractivity contribution < 1.29 is 28.7 Å². The third kappa shape index (κ3) is 5.92. The zero-order valence-corrected chi connectivity index (χ0v) is 23.3. The molecular weight excluding hydrogens is 533 g/mol. The summed E-state index contributed by atoms with van der Waals surface area (Å²) in [5.74, 6) is -1.82. The maximum absolute atomic E-state index is 14.1. The zero-order valence-electron chi connectivity index (χ0n) is 21.6. The second kappa shape index (κ2) is 12.8. The number of ketones is 1.